The molecule has 0 unspecified atom stereocenters. The van der Waals surface area contributed by atoms with E-state index in [9.17, 15) is 22.0 Å². The van der Waals surface area contributed by atoms with Crippen molar-refractivity contribution in [3.05, 3.63) is 30.3 Å². The average Bonchev–Trinajstić information content (AvgIpc) is 2.34. The normalized spacial score (nSPS) is 11.9. The molecule has 0 heterocycles. The largest absolute Gasteiger partial charge is 0.457 e. The van der Waals surface area contributed by atoms with Gasteiger partial charge in [0.05, 0.1) is 0 Å². The van der Waals surface area contributed by atoms with Gasteiger partial charge in [0.2, 0.25) is 0 Å². The fourth-order valence-corrected chi connectivity index (χ4v) is 1.23. The quantitative estimate of drug-likeness (QED) is 0.603. The van der Waals surface area contributed by atoms with E-state index in [1.165, 1.54) is 0 Å². The van der Waals surface area contributed by atoms with E-state index < -0.39 is 34.5 Å². The Kier molecular flexibility index (Phi) is 4.78. The number of esters is 1. The van der Waals surface area contributed by atoms with Crippen LogP contribution in [0.1, 0.15) is 0 Å². The number of hydrogen-bond acceptors (Lipinski definition) is 5. The molecular weight excluding hydrogens is 284 g/mol. The molecule has 0 aromatic heterocycles. The maximum atomic E-state index is 12.7. The SMILES string of the molecule is O=C(CNc1ccccc1)OCC(F)(F)S(=O)(=O)O. The number of ether oxygens (including phenoxy) is 1. The summed E-state index contributed by atoms with van der Waals surface area (Å²) in [4.78, 5) is 11.1. The summed E-state index contributed by atoms with van der Waals surface area (Å²) in [6.45, 7) is -2.15. The molecule has 0 saturated carbocycles. The Morgan fingerprint density at radius 3 is 2.42 bits per heavy atom. The van der Waals surface area contributed by atoms with Crippen LogP contribution in [0.3, 0.4) is 0 Å². The van der Waals surface area contributed by atoms with Crippen molar-refractivity contribution in [3.63, 3.8) is 0 Å². The van der Waals surface area contributed by atoms with Gasteiger partial charge in [-0.3, -0.25) is 9.35 Å². The Hall–Kier alpha value is -1.74. The summed E-state index contributed by atoms with van der Waals surface area (Å²) in [7, 11) is -5.60. The fraction of sp³-hybridized carbons (Fsp3) is 0.300. The lowest BCUT2D eigenvalue weighted by atomic mass is 10.3. The molecular formula is C10H11F2NO5S. The van der Waals surface area contributed by atoms with Crippen molar-refractivity contribution in [2.75, 3.05) is 18.5 Å². The lowest BCUT2D eigenvalue weighted by Crippen LogP contribution is -2.35. The van der Waals surface area contributed by atoms with Gasteiger partial charge in [-0.15, -0.1) is 0 Å². The van der Waals surface area contributed by atoms with E-state index in [0.29, 0.717) is 5.69 Å². The number of para-hydroxylation sites is 1. The van der Waals surface area contributed by atoms with Gasteiger partial charge in [0, 0.05) is 5.69 Å². The van der Waals surface area contributed by atoms with Crippen LogP contribution in [0, 0.1) is 0 Å². The summed E-state index contributed by atoms with van der Waals surface area (Å²) < 4.78 is 58.2. The minimum Gasteiger partial charge on any atom is -0.457 e. The molecule has 2 N–H and O–H groups in total. The van der Waals surface area contributed by atoms with Crippen LogP contribution in [0.5, 0.6) is 0 Å². The van der Waals surface area contributed by atoms with Crippen LogP contribution in [0.2, 0.25) is 0 Å². The number of halogens is 2. The van der Waals surface area contributed by atoms with Crippen molar-refractivity contribution in [2.45, 2.75) is 5.25 Å². The number of hydrogen-bond donors (Lipinski definition) is 2. The Morgan fingerprint density at radius 2 is 1.89 bits per heavy atom. The van der Waals surface area contributed by atoms with Gasteiger partial charge < -0.3 is 10.1 Å². The second kappa shape index (κ2) is 5.93. The molecule has 0 fully saturated rings. The van der Waals surface area contributed by atoms with E-state index in [0.717, 1.165) is 0 Å². The van der Waals surface area contributed by atoms with Crippen molar-refractivity contribution in [2.24, 2.45) is 0 Å². The van der Waals surface area contributed by atoms with E-state index in [1.807, 2.05) is 0 Å². The van der Waals surface area contributed by atoms with Crippen LogP contribution in [0.25, 0.3) is 0 Å². The van der Waals surface area contributed by atoms with Crippen molar-refractivity contribution >= 4 is 21.8 Å². The molecule has 0 spiro atoms. The molecule has 19 heavy (non-hydrogen) atoms. The van der Waals surface area contributed by atoms with E-state index in [-0.39, 0.29) is 0 Å². The van der Waals surface area contributed by atoms with E-state index in [4.69, 9.17) is 4.55 Å². The smallest absolute Gasteiger partial charge is 0.402 e. The van der Waals surface area contributed by atoms with Crippen molar-refractivity contribution < 1.29 is 31.3 Å². The first kappa shape index (κ1) is 15.3. The van der Waals surface area contributed by atoms with Gasteiger partial charge in [-0.05, 0) is 12.1 Å². The molecule has 1 aromatic carbocycles. The second-order valence-corrected chi connectivity index (χ2v) is 5.04. The van der Waals surface area contributed by atoms with Gasteiger partial charge in [0.15, 0.2) is 6.61 Å². The monoisotopic (exact) mass is 295 g/mol. The highest BCUT2D eigenvalue weighted by molar-refractivity contribution is 7.86. The van der Waals surface area contributed by atoms with Gasteiger partial charge in [-0.1, -0.05) is 18.2 Å². The maximum absolute atomic E-state index is 12.7. The Labute approximate surface area is 108 Å². The Balaban J connectivity index is 2.41. The van der Waals surface area contributed by atoms with E-state index in [1.54, 1.807) is 30.3 Å². The Bertz CT molecular complexity index is 532. The lowest BCUT2D eigenvalue weighted by Gasteiger charge is -2.13. The summed E-state index contributed by atoms with van der Waals surface area (Å²) in [5.74, 6) is -1.08. The molecule has 0 saturated heterocycles. The standard InChI is InChI=1S/C10H11F2NO5S/c11-10(12,19(15,16)17)7-18-9(14)6-13-8-4-2-1-3-5-8/h1-5,13H,6-7H2,(H,15,16,17). The zero-order valence-electron chi connectivity index (χ0n) is 9.55. The molecule has 0 bridgehead atoms. The third kappa shape index (κ3) is 4.79. The van der Waals surface area contributed by atoms with Crippen LogP contribution in [-0.2, 0) is 19.6 Å². The zero-order valence-corrected chi connectivity index (χ0v) is 10.4. The molecule has 0 atom stereocenters. The second-order valence-electron chi connectivity index (χ2n) is 3.49. The molecule has 0 aliphatic heterocycles. The topological polar surface area (TPSA) is 92.7 Å². The molecule has 6 nitrogen and oxygen atoms in total. The summed E-state index contributed by atoms with van der Waals surface area (Å²) in [6.07, 6.45) is 0. The fourth-order valence-electron chi connectivity index (χ4n) is 1.02. The summed E-state index contributed by atoms with van der Waals surface area (Å²) >= 11 is 0. The first-order valence-corrected chi connectivity index (χ1v) is 6.46. The summed E-state index contributed by atoms with van der Waals surface area (Å²) in [5, 5.41) is -1.93. The molecule has 0 amide bonds. The van der Waals surface area contributed by atoms with Gasteiger partial charge in [0.1, 0.15) is 6.54 Å². The predicted molar refractivity (Wildman–Crippen MR) is 62.4 cm³/mol. The average molecular weight is 295 g/mol. The minimum atomic E-state index is -5.60. The minimum absolute atomic E-state index is 0.411. The third-order valence-corrected chi connectivity index (χ3v) is 2.86. The van der Waals surface area contributed by atoms with Crippen LogP contribution in [0.15, 0.2) is 30.3 Å². The first-order chi connectivity index (χ1) is 8.72. The first-order valence-electron chi connectivity index (χ1n) is 5.02. The molecule has 106 valence electrons. The lowest BCUT2D eigenvalue weighted by molar-refractivity contribution is -0.147. The van der Waals surface area contributed by atoms with Crippen LogP contribution >= 0.6 is 0 Å². The Morgan fingerprint density at radius 1 is 1.32 bits per heavy atom. The molecule has 9 heteroatoms. The molecule has 0 radical (unpaired) electrons. The van der Waals surface area contributed by atoms with Crippen LogP contribution < -0.4 is 5.32 Å². The van der Waals surface area contributed by atoms with Gasteiger partial charge in [-0.25, -0.2) is 0 Å². The van der Waals surface area contributed by atoms with Crippen LogP contribution in [0.4, 0.5) is 14.5 Å². The number of benzene rings is 1. The highest BCUT2D eigenvalue weighted by Crippen LogP contribution is 2.20. The molecule has 1 aromatic rings. The highest BCUT2D eigenvalue weighted by Gasteiger charge is 2.45. The van der Waals surface area contributed by atoms with Crippen molar-refractivity contribution in [3.8, 4) is 0 Å². The van der Waals surface area contributed by atoms with Crippen molar-refractivity contribution in [1.29, 1.82) is 0 Å². The number of nitrogens with one attached hydrogen (secondary N) is 1. The van der Waals surface area contributed by atoms with Crippen molar-refractivity contribution in [1.82, 2.24) is 0 Å². The third-order valence-electron chi connectivity index (χ3n) is 1.99. The zero-order chi connectivity index (χ0) is 14.5. The van der Waals surface area contributed by atoms with Gasteiger partial charge in [0.25, 0.3) is 0 Å². The van der Waals surface area contributed by atoms with Gasteiger partial charge >= 0.3 is 21.3 Å². The summed E-state index contributed by atoms with van der Waals surface area (Å²) in [6, 6.07) is 8.41. The highest BCUT2D eigenvalue weighted by atomic mass is 32.2. The number of rotatable bonds is 6. The van der Waals surface area contributed by atoms with Crippen LogP contribution in [-0.4, -0.2) is 37.3 Å². The number of carbonyl (C=O) groups excluding carboxylic acids is 1. The number of carbonyl (C=O) groups is 1. The summed E-state index contributed by atoms with van der Waals surface area (Å²) in [5.41, 5.74) is 0.570. The van der Waals surface area contributed by atoms with Gasteiger partial charge in [-0.2, -0.15) is 17.2 Å². The molecule has 0 aliphatic rings. The van der Waals surface area contributed by atoms with E-state index in [2.05, 4.69) is 10.1 Å². The van der Waals surface area contributed by atoms with E-state index >= 15 is 0 Å². The molecule has 1 rings (SSSR count). The number of anilines is 1. The molecule has 0 aliphatic carbocycles. The number of alkyl halides is 2. The maximum Gasteiger partial charge on any atom is 0.402 e. The predicted octanol–water partition coefficient (Wildman–Crippen LogP) is 1.12.